The molecule has 0 radical (unpaired) electrons. The van der Waals surface area contributed by atoms with Gasteiger partial charge >= 0.3 is 0 Å². The molecule has 6 heteroatoms. The van der Waals surface area contributed by atoms with E-state index in [-0.39, 0.29) is 0 Å². The smallest absolute Gasteiger partial charge is 0.164 e. The number of fused-ring (bicyclic) bond motifs is 8. The summed E-state index contributed by atoms with van der Waals surface area (Å²) < 4.78 is 12.5. The number of hydrogen-bond donors (Lipinski definition) is 0. The van der Waals surface area contributed by atoms with Crippen molar-refractivity contribution in [1.82, 2.24) is 19.9 Å². The van der Waals surface area contributed by atoms with Crippen LogP contribution in [0.5, 0.6) is 0 Å². The average molecular weight is 667 g/mol. The van der Waals surface area contributed by atoms with Gasteiger partial charge in [-0.2, -0.15) is 0 Å². The van der Waals surface area contributed by atoms with Crippen LogP contribution in [0.2, 0.25) is 0 Å². The largest absolute Gasteiger partial charge is 0.456 e. The van der Waals surface area contributed by atoms with E-state index in [9.17, 15) is 0 Å². The van der Waals surface area contributed by atoms with Gasteiger partial charge in [0.05, 0.1) is 11.1 Å². The quantitative estimate of drug-likeness (QED) is 0.186. The van der Waals surface area contributed by atoms with Gasteiger partial charge in [0.1, 0.15) is 22.3 Å². The molecular weight excluding hydrogens is 641 g/mol. The number of para-hydroxylation sites is 2. The van der Waals surface area contributed by atoms with E-state index in [2.05, 4.69) is 97.1 Å². The maximum Gasteiger partial charge on any atom is 0.164 e. The van der Waals surface area contributed by atoms with Gasteiger partial charge in [0, 0.05) is 44.6 Å². The molecule has 0 amide bonds. The molecule has 0 atom stereocenters. The first-order valence-corrected chi connectivity index (χ1v) is 17.2. The first-order chi connectivity index (χ1) is 25.8. The van der Waals surface area contributed by atoms with Gasteiger partial charge in [-0.25, -0.2) is 15.0 Å². The highest BCUT2D eigenvalue weighted by molar-refractivity contribution is 6.15. The van der Waals surface area contributed by atoms with E-state index < -0.39 is 0 Å². The van der Waals surface area contributed by atoms with Gasteiger partial charge in [-0.3, -0.25) is 4.98 Å². The lowest BCUT2D eigenvalue weighted by atomic mass is 9.95. The number of nitrogens with zero attached hydrogens (tertiary/aromatic N) is 4. The zero-order valence-corrected chi connectivity index (χ0v) is 27.6. The molecule has 0 aliphatic rings. The molecule has 4 heterocycles. The molecule has 0 bridgehead atoms. The first kappa shape index (κ1) is 28.6. The van der Waals surface area contributed by atoms with Crippen LogP contribution in [0.15, 0.2) is 167 Å². The number of pyridine rings is 1. The number of furan rings is 2. The van der Waals surface area contributed by atoms with Crippen molar-refractivity contribution in [3.8, 4) is 45.4 Å². The molecule has 11 aromatic rings. The van der Waals surface area contributed by atoms with E-state index in [1.165, 1.54) is 0 Å². The van der Waals surface area contributed by atoms with Crippen LogP contribution in [-0.4, -0.2) is 19.9 Å². The summed E-state index contributed by atoms with van der Waals surface area (Å²) in [6.45, 7) is 0. The van der Waals surface area contributed by atoms with Gasteiger partial charge in [0.25, 0.3) is 0 Å². The Morgan fingerprint density at radius 1 is 0.365 bits per heavy atom. The van der Waals surface area contributed by atoms with Crippen molar-refractivity contribution >= 4 is 65.4 Å². The Morgan fingerprint density at radius 3 is 1.73 bits per heavy atom. The molecule has 0 unspecified atom stereocenters. The molecule has 52 heavy (non-hydrogen) atoms. The van der Waals surface area contributed by atoms with Crippen LogP contribution in [0.1, 0.15) is 0 Å². The molecule has 0 saturated carbocycles. The Morgan fingerprint density at radius 2 is 0.942 bits per heavy atom. The monoisotopic (exact) mass is 666 g/mol. The van der Waals surface area contributed by atoms with Crippen LogP contribution in [0, 0.1) is 0 Å². The third-order valence-corrected chi connectivity index (χ3v) is 10.00. The summed E-state index contributed by atoms with van der Waals surface area (Å²) in [5.41, 5.74) is 7.84. The summed E-state index contributed by atoms with van der Waals surface area (Å²) in [6, 6.07) is 51.5. The molecule has 0 saturated heterocycles. The van der Waals surface area contributed by atoms with E-state index in [0.717, 1.165) is 93.4 Å². The van der Waals surface area contributed by atoms with Crippen molar-refractivity contribution in [2.75, 3.05) is 0 Å². The van der Waals surface area contributed by atoms with Gasteiger partial charge in [0.2, 0.25) is 0 Å². The molecule has 0 spiro atoms. The highest BCUT2D eigenvalue weighted by atomic mass is 16.3. The van der Waals surface area contributed by atoms with Crippen molar-refractivity contribution in [3.63, 3.8) is 0 Å². The molecule has 0 N–H and O–H groups in total. The van der Waals surface area contributed by atoms with Crippen LogP contribution in [0.4, 0.5) is 0 Å². The lowest BCUT2D eigenvalue weighted by molar-refractivity contribution is 0.668. The van der Waals surface area contributed by atoms with Crippen molar-refractivity contribution in [2.45, 2.75) is 0 Å². The van der Waals surface area contributed by atoms with Crippen LogP contribution in [0.3, 0.4) is 0 Å². The Bertz CT molecular complexity index is 3210. The Kier molecular flexibility index (Phi) is 6.15. The zero-order valence-electron chi connectivity index (χ0n) is 27.6. The molecule has 0 fully saturated rings. The summed E-state index contributed by atoms with van der Waals surface area (Å²) in [5.74, 6) is 1.76. The van der Waals surface area contributed by atoms with Gasteiger partial charge in [0.15, 0.2) is 17.5 Å². The molecular formula is C46H26N4O2. The highest BCUT2D eigenvalue weighted by Gasteiger charge is 2.21. The lowest BCUT2D eigenvalue weighted by Gasteiger charge is -2.13. The minimum Gasteiger partial charge on any atom is -0.456 e. The van der Waals surface area contributed by atoms with Crippen LogP contribution < -0.4 is 0 Å². The van der Waals surface area contributed by atoms with Gasteiger partial charge in [-0.15, -0.1) is 0 Å². The SMILES string of the molecule is c1ccc2cc(-c3nc(-c4ccc(-c5nccc6oc7ccccc7c56)c5ccccc45)nc(-c4cccc5oc6ccccc6c45)n3)ccc2c1. The van der Waals surface area contributed by atoms with E-state index in [4.69, 9.17) is 28.8 Å². The van der Waals surface area contributed by atoms with Crippen molar-refractivity contribution in [2.24, 2.45) is 0 Å². The molecule has 6 nitrogen and oxygen atoms in total. The first-order valence-electron chi connectivity index (χ1n) is 17.2. The summed E-state index contributed by atoms with van der Waals surface area (Å²) in [5, 5.41) is 8.37. The second-order valence-corrected chi connectivity index (χ2v) is 13.0. The van der Waals surface area contributed by atoms with Crippen LogP contribution in [0.25, 0.3) is 111 Å². The van der Waals surface area contributed by atoms with E-state index in [1.54, 1.807) is 0 Å². The third-order valence-electron chi connectivity index (χ3n) is 10.00. The minimum atomic E-state index is 0.578. The fraction of sp³-hybridized carbons (Fsp3) is 0. The second-order valence-electron chi connectivity index (χ2n) is 13.0. The summed E-state index contributed by atoms with van der Waals surface area (Å²) >= 11 is 0. The molecule has 11 rings (SSSR count). The lowest BCUT2D eigenvalue weighted by Crippen LogP contribution is -2.01. The maximum atomic E-state index is 6.27. The Hall–Kier alpha value is -7.18. The summed E-state index contributed by atoms with van der Waals surface area (Å²) in [6.07, 6.45) is 1.82. The van der Waals surface area contributed by atoms with Gasteiger partial charge in [-0.05, 0) is 57.9 Å². The topological polar surface area (TPSA) is 77.8 Å². The van der Waals surface area contributed by atoms with Crippen molar-refractivity contribution in [1.29, 1.82) is 0 Å². The molecule has 0 aliphatic heterocycles. The fourth-order valence-corrected chi connectivity index (χ4v) is 7.61. The van der Waals surface area contributed by atoms with Gasteiger partial charge in [-0.1, -0.05) is 115 Å². The van der Waals surface area contributed by atoms with Crippen LogP contribution in [-0.2, 0) is 0 Å². The fourth-order valence-electron chi connectivity index (χ4n) is 7.61. The summed E-state index contributed by atoms with van der Waals surface area (Å²) in [4.78, 5) is 20.5. The van der Waals surface area contributed by atoms with Crippen molar-refractivity contribution in [3.05, 3.63) is 158 Å². The normalized spacial score (nSPS) is 11.8. The van der Waals surface area contributed by atoms with E-state index in [1.807, 2.05) is 60.8 Å². The zero-order chi connectivity index (χ0) is 34.2. The van der Waals surface area contributed by atoms with Crippen molar-refractivity contribution < 1.29 is 8.83 Å². The molecule has 7 aromatic carbocycles. The Labute approximate surface area is 296 Å². The standard InChI is InChI=1S/C46H26N4O2/c1-2-11-28-26-29(21-20-27(28)10-1)44-48-45(50-46(49-44)36-16-9-19-39-41(36)34-14-5-7-17-37(34)51-39)33-23-22-32(30-12-3-4-13-31(30)33)43-42-35-15-6-8-18-38(35)52-40(42)24-25-47-43/h1-26H. The number of hydrogen-bond acceptors (Lipinski definition) is 6. The van der Waals surface area contributed by atoms with E-state index >= 15 is 0 Å². The average Bonchev–Trinajstić information content (AvgIpc) is 3.79. The predicted molar refractivity (Wildman–Crippen MR) is 209 cm³/mol. The minimum absolute atomic E-state index is 0.578. The predicted octanol–water partition coefficient (Wildman–Crippen LogP) is 12.0. The molecule has 242 valence electrons. The van der Waals surface area contributed by atoms with Gasteiger partial charge < -0.3 is 8.83 Å². The van der Waals surface area contributed by atoms with Crippen LogP contribution >= 0.6 is 0 Å². The van der Waals surface area contributed by atoms with E-state index in [0.29, 0.717) is 17.5 Å². The maximum absolute atomic E-state index is 6.27. The number of rotatable bonds is 4. The highest BCUT2D eigenvalue weighted by Crippen LogP contribution is 2.41. The second kappa shape index (κ2) is 11.2. The number of benzene rings is 7. The number of aromatic nitrogens is 4. The molecule has 4 aromatic heterocycles. The Balaban J connectivity index is 1.17. The molecule has 0 aliphatic carbocycles. The summed E-state index contributed by atoms with van der Waals surface area (Å²) in [7, 11) is 0. The third kappa shape index (κ3) is 4.38.